The number of hydrogen-bond acceptors (Lipinski definition) is 4. The van der Waals surface area contributed by atoms with Crippen LogP contribution in [0.3, 0.4) is 0 Å². The molecule has 0 bridgehead atoms. The number of anilines is 2. The quantitative estimate of drug-likeness (QED) is 0.904. The molecular weight excluding hydrogens is 312 g/mol. The van der Waals surface area contributed by atoms with Gasteiger partial charge in [-0.25, -0.2) is 9.78 Å². The molecule has 1 aromatic heterocycles. The molecule has 0 spiro atoms. The van der Waals surface area contributed by atoms with Gasteiger partial charge in [-0.2, -0.15) is 0 Å². The molecule has 6 nitrogen and oxygen atoms in total. The van der Waals surface area contributed by atoms with Crippen LogP contribution < -0.4 is 15.5 Å². The van der Waals surface area contributed by atoms with Crippen LogP contribution in [0.15, 0.2) is 23.6 Å². The van der Waals surface area contributed by atoms with E-state index in [-0.39, 0.29) is 18.4 Å². The zero-order valence-corrected chi connectivity index (χ0v) is 13.9. The van der Waals surface area contributed by atoms with Gasteiger partial charge < -0.3 is 10.6 Å². The van der Waals surface area contributed by atoms with Gasteiger partial charge in [0, 0.05) is 24.2 Å². The number of carbonyl (C=O) groups excluding carboxylic acids is 2. The highest BCUT2D eigenvalue weighted by atomic mass is 32.1. The minimum Gasteiger partial charge on any atom is -0.336 e. The highest BCUT2D eigenvalue weighted by molar-refractivity contribution is 7.14. The van der Waals surface area contributed by atoms with Gasteiger partial charge in [0.1, 0.15) is 0 Å². The first kappa shape index (κ1) is 15.5. The van der Waals surface area contributed by atoms with Crippen molar-refractivity contribution >= 4 is 34.1 Å². The average Bonchev–Trinajstić information content (AvgIpc) is 3.06. The van der Waals surface area contributed by atoms with Gasteiger partial charge in [-0.3, -0.25) is 9.69 Å². The maximum absolute atomic E-state index is 12.2. The molecule has 7 heteroatoms. The highest BCUT2D eigenvalue weighted by Gasteiger charge is 2.24. The summed E-state index contributed by atoms with van der Waals surface area (Å²) in [5.74, 6) is -0.113. The number of nitrogens with zero attached hydrogens (tertiary/aromatic N) is 2. The second kappa shape index (κ2) is 6.37. The molecule has 2 heterocycles. The largest absolute Gasteiger partial charge is 0.336 e. The van der Waals surface area contributed by atoms with Crippen LogP contribution in [0.4, 0.5) is 15.6 Å². The third kappa shape index (κ3) is 3.68. The molecule has 0 aliphatic carbocycles. The summed E-state index contributed by atoms with van der Waals surface area (Å²) in [5, 5.41) is 8.08. The third-order valence-electron chi connectivity index (χ3n) is 3.47. The van der Waals surface area contributed by atoms with Crippen molar-refractivity contribution in [1.82, 2.24) is 10.3 Å². The van der Waals surface area contributed by atoms with E-state index in [2.05, 4.69) is 21.7 Å². The van der Waals surface area contributed by atoms with Crippen molar-refractivity contribution in [3.05, 3.63) is 40.4 Å². The minimum absolute atomic E-state index is 0.113. The fourth-order valence-corrected chi connectivity index (χ4v) is 3.42. The summed E-state index contributed by atoms with van der Waals surface area (Å²) < 4.78 is 0. The topological polar surface area (TPSA) is 74.3 Å². The number of aryl methyl sites for hydroxylation is 2. The summed E-state index contributed by atoms with van der Waals surface area (Å²) in [7, 11) is 0. The first-order valence-electron chi connectivity index (χ1n) is 7.39. The van der Waals surface area contributed by atoms with Gasteiger partial charge in [0.25, 0.3) is 0 Å². The molecule has 3 amide bonds. The Labute approximate surface area is 138 Å². The standard InChI is InChI=1S/C16H18N4O2S/c1-10-5-11(2)7-12(6-10)18-14(21)8-13-9-23-16(19-13)20-4-3-17-15(20)22/h5-7,9H,3-4,8H2,1-2H3,(H,17,22)(H,18,21). The number of nitrogens with one attached hydrogen (secondary N) is 2. The molecule has 2 aromatic rings. The monoisotopic (exact) mass is 330 g/mol. The summed E-state index contributed by atoms with van der Waals surface area (Å²) >= 11 is 1.38. The van der Waals surface area contributed by atoms with Gasteiger partial charge in [0.05, 0.1) is 12.1 Å². The third-order valence-corrected chi connectivity index (χ3v) is 4.39. The Morgan fingerprint density at radius 3 is 2.74 bits per heavy atom. The summed E-state index contributed by atoms with van der Waals surface area (Å²) in [4.78, 5) is 29.7. The number of thiazole rings is 1. The maximum Gasteiger partial charge on any atom is 0.323 e. The summed E-state index contributed by atoms with van der Waals surface area (Å²) in [6.07, 6.45) is 0.193. The Bertz CT molecular complexity index is 736. The Morgan fingerprint density at radius 1 is 1.35 bits per heavy atom. The van der Waals surface area contributed by atoms with Crippen molar-refractivity contribution in [2.75, 3.05) is 23.3 Å². The lowest BCUT2D eigenvalue weighted by atomic mass is 10.1. The van der Waals surface area contributed by atoms with Gasteiger partial charge in [0.15, 0.2) is 5.13 Å². The number of hydrogen-bond donors (Lipinski definition) is 2. The van der Waals surface area contributed by atoms with E-state index >= 15 is 0 Å². The smallest absolute Gasteiger partial charge is 0.323 e. The van der Waals surface area contributed by atoms with Crippen LogP contribution in [0.25, 0.3) is 0 Å². The second-order valence-electron chi connectivity index (χ2n) is 5.61. The zero-order valence-electron chi connectivity index (χ0n) is 13.0. The molecule has 0 saturated carbocycles. The number of rotatable bonds is 4. The highest BCUT2D eigenvalue weighted by Crippen LogP contribution is 2.22. The van der Waals surface area contributed by atoms with Crippen LogP contribution in [-0.2, 0) is 11.2 Å². The number of carbonyl (C=O) groups is 2. The van der Waals surface area contributed by atoms with Crippen LogP contribution >= 0.6 is 11.3 Å². The normalized spacial score (nSPS) is 14.0. The van der Waals surface area contributed by atoms with Crippen LogP contribution in [-0.4, -0.2) is 30.0 Å². The molecular formula is C16H18N4O2S. The first-order valence-corrected chi connectivity index (χ1v) is 8.27. The molecule has 1 aromatic carbocycles. The van der Waals surface area contributed by atoms with Crippen molar-refractivity contribution in [2.45, 2.75) is 20.3 Å². The number of benzene rings is 1. The molecule has 0 unspecified atom stereocenters. The van der Waals surface area contributed by atoms with Crippen LogP contribution in [0.5, 0.6) is 0 Å². The molecule has 120 valence electrons. The molecule has 23 heavy (non-hydrogen) atoms. The van der Waals surface area contributed by atoms with Crippen molar-refractivity contribution < 1.29 is 9.59 Å². The molecule has 3 rings (SSSR count). The summed E-state index contributed by atoms with van der Waals surface area (Å²) in [6.45, 7) is 5.23. The van der Waals surface area contributed by atoms with Gasteiger partial charge in [-0.1, -0.05) is 6.07 Å². The number of amides is 3. The van der Waals surface area contributed by atoms with E-state index in [9.17, 15) is 9.59 Å². The lowest BCUT2D eigenvalue weighted by Crippen LogP contribution is -2.27. The summed E-state index contributed by atoms with van der Waals surface area (Å²) in [5.41, 5.74) is 3.68. The lowest BCUT2D eigenvalue weighted by Gasteiger charge is -2.09. The van der Waals surface area contributed by atoms with E-state index < -0.39 is 0 Å². The predicted octanol–water partition coefficient (Wildman–Crippen LogP) is 2.47. The Balaban J connectivity index is 1.64. The molecule has 2 N–H and O–H groups in total. The van der Waals surface area contributed by atoms with E-state index in [1.54, 1.807) is 4.90 Å². The van der Waals surface area contributed by atoms with E-state index in [1.165, 1.54) is 11.3 Å². The molecule has 1 aliphatic rings. The summed E-state index contributed by atoms with van der Waals surface area (Å²) in [6, 6.07) is 5.80. The van der Waals surface area contributed by atoms with Crippen molar-refractivity contribution in [1.29, 1.82) is 0 Å². The first-order chi connectivity index (χ1) is 11.0. The molecule has 1 saturated heterocycles. The van der Waals surface area contributed by atoms with E-state index in [4.69, 9.17) is 0 Å². The second-order valence-corrected chi connectivity index (χ2v) is 6.44. The van der Waals surface area contributed by atoms with Crippen LogP contribution in [0.2, 0.25) is 0 Å². The van der Waals surface area contributed by atoms with Crippen molar-refractivity contribution in [3.63, 3.8) is 0 Å². The van der Waals surface area contributed by atoms with Crippen LogP contribution in [0.1, 0.15) is 16.8 Å². The predicted molar refractivity (Wildman–Crippen MR) is 91.1 cm³/mol. The van der Waals surface area contributed by atoms with Crippen molar-refractivity contribution in [3.8, 4) is 0 Å². The SMILES string of the molecule is Cc1cc(C)cc(NC(=O)Cc2csc(N3CCNC3=O)n2)c1. The maximum atomic E-state index is 12.2. The molecule has 0 atom stereocenters. The molecule has 1 fully saturated rings. The van der Waals surface area contributed by atoms with E-state index in [0.717, 1.165) is 16.8 Å². The molecule has 1 aliphatic heterocycles. The van der Waals surface area contributed by atoms with E-state index in [0.29, 0.717) is 23.9 Å². The van der Waals surface area contributed by atoms with Crippen LogP contribution in [0, 0.1) is 13.8 Å². The Kier molecular flexibility index (Phi) is 4.29. The Morgan fingerprint density at radius 2 is 2.09 bits per heavy atom. The van der Waals surface area contributed by atoms with Gasteiger partial charge >= 0.3 is 6.03 Å². The van der Waals surface area contributed by atoms with Crippen molar-refractivity contribution in [2.24, 2.45) is 0 Å². The number of urea groups is 1. The minimum atomic E-state index is -0.134. The average molecular weight is 330 g/mol. The van der Waals surface area contributed by atoms with E-state index in [1.807, 2.05) is 31.4 Å². The lowest BCUT2D eigenvalue weighted by molar-refractivity contribution is -0.115. The Hall–Kier alpha value is -2.41. The fraction of sp³-hybridized carbons (Fsp3) is 0.312. The fourth-order valence-electron chi connectivity index (χ4n) is 2.57. The zero-order chi connectivity index (χ0) is 16.4. The number of aromatic nitrogens is 1. The van der Waals surface area contributed by atoms with Gasteiger partial charge in [0.2, 0.25) is 5.91 Å². The molecule has 0 radical (unpaired) electrons. The van der Waals surface area contributed by atoms with Gasteiger partial charge in [-0.05, 0) is 37.1 Å². The van der Waals surface area contributed by atoms with Gasteiger partial charge in [-0.15, -0.1) is 11.3 Å².